The molecule has 10 nitrogen and oxygen atoms in total. The van der Waals surface area contributed by atoms with Gasteiger partial charge < -0.3 is 9.64 Å². The van der Waals surface area contributed by atoms with E-state index in [1.165, 1.54) is 35.9 Å². The van der Waals surface area contributed by atoms with Crippen LogP contribution in [0.5, 0.6) is 0 Å². The van der Waals surface area contributed by atoms with Crippen LogP contribution in [0.3, 0.4) is 0 Å². The Morgan fingerprint density at radius 1 is 1.05 bits per heavy atom. The lowest BCUT2D eigenvalue weighted by Gasteiger charge is -2.32. The molecule has 4 rings (SSSR count). The van der Waals surface area contributed by atoms with Crippen LogP contribution in [0.25, 0.3) is 5.69 Å². The maximum atomic E-state index is 13.3. The van der Waals surface area contributed by atoms with Gasteiger partial charge in [-0.3, -0.25) is 19.0 Å². The number of hydrogen-bond donors (Lipinski definition) is 1. The third-order valence-electron chi connectivity index (χ3n) is 7.27. The van der Waals surface area contributed by atoms with Gasteiger partial charge in [0.05, 0.1) is 21.8 Å². The van der Waals surface area contributed by atoms with Gasteiger partial charge in [-0.25, -0.2) is 17.9 Å². The number of para-hydroxylation sites is 1. The second kappa shape index (κ2) is 11.5. The van der Waals surface area contributed by atoms with Crippen molar-refractivity contribution in [3.05, 3.63) is 76.2 Å². The summed E-state index contributed by atoms with van der Waals surface area (Å²) >= 11 is 0. The molecule has 1 atom stereocenters. The third-order valence-corrected chi connectivity index (χ3v) is 8.62. The summed E-state index contributed by atoms with van der Waals surface area (Å²) in [6.45, 7) is 3.15. The highest BCUT2D eigenvalue weighted by molar-refractivity contribution is 7.92. The van der Waals surface area contributed by atoms with Crippen molar-refractivity contribution in [3.63, 3.8) is 0 Å². The molecule has 1 aliphatic rings. The molecule has 0 spiro atoms. The number of rotatable bonds is 8. The Labute approximate surface area is 228 Å². The average Bonchev–Trinajstić information content (AvgIpc) is 3.15. The van der Waals surface area contributed by atoms with Crippen LogP contribution >= 0.6 is 0 Å². The smallest absolute Gasteiger partial charge is 0.338 e. The highest BCUT2D eigenvalue weighted by Gasteiger charge is 2.29. The Bertz CT molecular complexity index is 1520. The lowest BCUT2D eigenvalue weighted by atomic mass is 9.94. The molecule has 11 heteroatoms. The molecule has 3 aromatic rings. The molecule has 1 aromatic heterocycles. The molecule has 1 fully saturated rings. The number of carbonyl (C=O) groups excluding carboxylic acids is 2. The number of hydrogen-bond acceptors (Lipinski definition) is 6. The number of esters is 1. The molecular formula is C28H34N4O6S. The van der Waals surface area contributed by atoms with Crippen molar-refractivity contribution in [1.29, 1.82) is 0 Å². The highest BCUT2D eigenvalue weighted by Crippen LogP contribution is 2.23. The molecule has 0 aliphatic heterocycles. The zero-order valence-corrected chi connectivity index (χ0v) is 23.4. The first kappa shape index (κ1) is 28.2. The number of ether oxygens (including phenoxy) is 1. The van der Waals surface area contributed by atoms with Crippen LogP contribution in [0.1, 0.15) is 55.1 Å². The molecule has 0 unspecified atom stereocenters. The lowest BCUT2D eigenvalue weighted by molar-refractivity contribution is -0.141. The molecule has 0 saturated heterocycles. The van der Waals surface area contributed by atoms with Gasteiger partial charge in [0.2, 0.25) is 0 Å². The van der Waals surface area contributed by atoms with Crippen LogP contribution in [0.2, 0.25) is 0 Å². The molecule has 208 valence electrons. The summed E-state index contributed by atoms with van der Waals surface area (Å²) in [5.41, 5.74) is 0.344. The van der Waals surface area contributed by atoms with Gasteiger partial charge in [-0.2, -0.15) is 0 Å². The van der Waals surface area contributed by atoms with Crippen molar-refractivity contribution in [2.24, 2.45) is 7.05 Å². The van der Waals surface area contributed by atoms with Crippen molar-refractivity contribution in [1.82, 2.24) is 14.3 Å². The maximum absolute atomic E-state index is 13.3. The van der Waals surface area contributed by atoms with Crippen LogP contribution in [0.15, 0.2) is 64.3 Å². The highest BCUT2D eigenvalue weighted by atomic mass is 32.2. The Morgan fingerprint density at radius 2 is 1.72 bits per heavy atom. The van der Waals surface area contributed by atoms with Crippen molar-refractivity contribution >= 4 is 27.6 Å². The van der Waals surface area contributed by atoms with E-state index in [0.717, 1.165) is 32.1 Å². The number of nitrogens with zero attached hydrogens (tertiary/aromatic N) is 3. The number of likely N-dealkylation sites (N-methyl/N-ethyl adjacent to an activating group) is 1. The number of benzene rings is 2. The zero-order valence-electron chi connectivity index (χ0n) is 22.6. The van der Waals surface area contributed by atoms with Gasteiger partial charge in [-0.05, 0) is 57.0 Å². The zero-order chi connectivity index (χ0) is 28.3. The third kappa shape index (κ3) is 5.93. The van der Waals surface area contributed by atoms with E-state index >= 15 is 0 Å². The van der Waals surface area contributed by atoms with E-state index in [9.17, 15) is 22.8 Å². The summed E-state index contributed by atoms with van der Waals surface area (Å²) in [7, 11) is -0.852. The van der Waals surface area contributed by atoms with Crippen molar-refractivity contribution in [3.8, 4) is 5.69 Å². The summed E-state index contributed by atoms with van der Waals surface area (Å²) < 4.78 is 37.2. The second-order valence-corrected chi connectivity index (χ2v) is 11.5. The molecule has 1 aliphatic carbocycles. The molecular weight excluding hydrogens is 520 g/mol. The van der Waals surface area contributed by atoms with E-state index in [0.29, 0.717) is 11.4 Å². The fourth-order valence-electron chi connectivity index (χ4n) is 4.88. The fourth-order valence-corrected chi connectivity index (χ4v) is 6.04. The van der Waals surface area contributed by atoms with Gasteiger partial charge >= 0.3 is 5.97 Å². The number of aromatic nitrogens is 2. The van der Waals surface area contributed by atoms with Gasteiger partial charge in [0.25, 0.3) is 21.5 Å². The Hall–Kier alpha value is -3.86. The molecule has 0 radical (unpaired) electrons. The summed E-state index contributed by atoms with van der Waals surface area (Å²) in [6.07, 6.45) is 4.11. The summed E-state index contributed by atoms with van der Waals surface area (Å²) in [4.78, 5) is 40.3. The number of anilines is 1. The molecule has 1 amide bonds. The Kier molecular flexibility index (Phi) is 8.29. The van der Waals surface area contributed by atoms with Crippen LogP contribution < -0.4 is 10.3 Å². The quantitative estimate of drug-likeness (QED) is 0.425. The fraction of sp³-hybridized carbons (Fsp3) is 0.393. The minimum absolute atomic E-state index is 0.0238. The number of carbonyl (C=O) groups is 2. The SMILES string of the molecule is Cc1c(NS(=O)(=O)c2cccc(C(=O)O[C@@H](C)C(=O)N(C)C3CCCCC3)c2)c(=O)n(-c2ccccc2)n1C. The van der Waals surface area contributed by atoms with Gasteiger partial charge in [0.15, 0.2) is 6.10 Å². The average molecular weight is 555 g/mol. The van der Waals surface area contributed by atoms with Crippen molar-refractivity contribution < 1.29 is 22.7 Å². The maximum Gasteiger partial charge on any atom is 0.338 e. The number of sulfonamides is 1. The first-order chi connectivity index (χ1) is 18.5. The van der Waals surface area contributed by atoms with E-state index in [-0.39, 0.29) is 28.1 Å². The predicted octanol–water partition coefficient (Wildman–Crippen LogP) is 3.62. The van der Waals surface area contributed by atoms with E-state index in [4.69, 9.17) is 4.74 Å². The van der Waals surface area contributed by atoms with E-state index < -0.39 is 27.7 Å². The lowest BCUT2D eigenvalue weighted by Crippen LogP contribution is -2.44. The first-order valence-corrected chi connectivity index (χ1v) is 14.4. The van der Waals surface area contributed by atoms with Crippen molar-refractivity contribution in [2.75, 3.05) is 11.8 Å². The number of amides is 1. The van der Waals surface area contributed by atoms with Gasteiger partial charge in [0.1, 0.15) is 5.69 Å². The second-order valence-electron chi connectivity index (χ2n) is 9.86. The van der Waals surface area contributed by atoms with E-state index in [1.807, 2.05) is 6.07 Å². The number of nitrogens with one attached hydrogen (secondary N) is 1. The summed E-state index contributed by atoms with van der Waals surface area (Å²) in [6, 6.07) is 14.3. The minimum atomic E-state index is -4.23. The Morgan fingerprint density at radius 3 is 2.38 bits per heavy atom. The largest absolute Gasteiger partial charge is 0.449 e. The molecule has 1 saturated carbocycles. The monoisotopic (exact) mass is 554 g/mol. The van der Waals surface area contributed by atoms with Gasteiger partial charge in [-0.15, -0.1) is 0 Å². The van der Waals surface area contributed by atoms with Crippen molar-refractivity contribution in [2.45, 2.75) is 63.0 Å². The van der Waals surface area contributed by atoms with Crippen LogP contribution in [0.4, 0.5) is 5.69 Å². The Balaban J connectivity index is 1.51. The molecule has 2 aromatic carbocycles. The topological polar surface area (TPSA) is 120 Å². The summed E-state index contributed by atoms with van der Waals surface area (Å²) in [5, 5.41) is 0. The normalized spacial score (nSPS) is 15.0. The van der Waals surface area contributed by atoms with Gasteiger partial charge in [0, 0.05) is 20.1 Å². The molecule has 1 N–H and O–H groups in total. The minimum Gasteiger partial charge on any atom is -0.449 e. The van der Waals surface area contributed by atoms with E-state index in [1.54, 1.807) is 54.9 Å². The van der Waals surface area contributed by atoms with Crippen LogP contribution in [0, 0.1) is 6.92 Å². The molecule has 1 heterocycles. The molecule has 0 bridgehead atoms. The van der Waals surface area contributed by atoms with E-state index in [2.05, 4.69) is 4.72 Å². The predicted molar refractivity (Wildman–Crippen MR) is 148 cm³/mol. The van der Waals surface area contributed by atoms with Crippen LogP contribution in [-0.4, -0.2) is 53.8 Å². The molecule has 39 heavy (non-hydrogen) atoms. The standard InChI is InChI=1S/C28H34N4O6S/c1-19-25(27(34)32(31(19)4)23-15-9-6-10-16-23)29-39(36,37)24-17-11-12-21(18-24)28(35)38-20(2)26(33)30(3)22-13-7-5-8-14-22/h6,9-12,15-18,20,22,29H,5,7-8,13-14H2,1-4H3/t20-/m0/s1. The van der Waals surface area contributed by atoms with Gasteiger partial charge in [-0.1, -0.05) is 43.5 Å². The summed E-state index contributed by atoms with van der Waals surface area (Å²) in [5.74, 6) is -1.11. The van der Waals surface area contributed by atoms with Crippen LogP contribution in [-0.2, 0) is 26.6 Å². The first-order valence-electron chi connectivity index (χ1n) is 13.0.